The molecular weight excluding hydrogens is 238 g/mol. The molecule has 1 aliphatic heterocycles. The van der Waals surface area contributed by atoms with E-state index in [4.69, 9.17) is 18.0 Å². The number of aromatic nitrogens is 3. The summed E-state index contributed by atoms with van der Waals surface area (Å²) < 4.78 is 0. The Balaban J connectivity index is 2.00. The van der Waals surface area contributed by atoms with Crippen molar-refractivity contribution in [1.82, 2.24) is 20.3 Å². The second kappa shape index (κ2) is 4.40. The fraction of sp³-hybridized carbons (Fsp3) is 0.600. The Bertz CT molecular complexity index is 422. The number of likely N-dealkylation sites (tertiary alicyclic amines) is 1. The highest BCUT2D eigenvalue weighted by atomic mass is 32.1. The van der Waals surface area contributed by atoms with Crippen LogP contribution in [0.15, 0.2) is 6.20 Å². The van der Waals surface area contributed by atoms with Gasteiger partial charge >= 0.3 is 0 Å². The minimum absolute atomic E-state index is 0.0938. The summed E-state index contributed by atoms with van der Waals surface area (Å²) in [6.07, 6.45) is 3.03. The van der Waals surface area contributed by atoms with Crippen molar-refractivity contribution in [1.29, 1.82) is 0 Å². The van der Waals surface area contributed by atoms with Gasteiger partial charge in [-0.3, -0.25) is 4.79 Å². The van der Waals surface area contributed by atoms with Gasteiger partial charge < -0.3 is 10.6 Å². The SMILES string of the molecule is CC1(C(N)=S)CCN(C(=O)c2cn[nH]n2)CC1. The summed E-state index contributed by atoms with van der Waals surface area (Å²) in [4.78, 5) is 14.3. The van der Waals surface area contributed by atoms with E-state index < -0.39 is 0 Å². The standard InChI is InChI=1S/C10H15N5OS/c1-10(9(11)17)2-4-15(5-3-10)8(16)7-6-12-14-13-7/h6H,2-5H2,1H3,(H2,11,17)(H,12,13,14). The molecule has 0 bridgehead atoms. The van der Waals surface area contributed by atoms with Gasteiger partial charge in [0, 0.05) is 18.5 Å². The largest absolute Gasteiger partial charge is 0.393 e. The Labute approximate surface area is 105 Å². The smallest absolute Gasteiger partial charge is 0.276 e. The number of carbonyl (C=O) groups excluding carboxylic acids is 1. The summed E-state index contributed by atoms with van der Waals surface area (Å²) in [5.74, 6) is -0.0938. The lowest BCUT2D eigenvalue weighted by atomic mass is 9.80. The normalized spacial score (nSPS) is 19.0. The molecule has 1 aliphatic rings. The first-order valence-electron chi connectivity index (χ1n) is 5.48. The maximum Gasteiger partial charge on any atom is 0.276 e. The van der Waals surface area contributed by atoms with Crippen LogP contribution in [0, 0.1) is 5.41 Å². The van der Waals surface area contributed by atoms with Crippen LogP contribution in [0.3, 0.4) is 0 Å². The highest BCUT2D eigenvalue weighted by molar-refractivity contribution is 7.80. The highest BCUT2D eigenvalue weighted by Crippen LogP contribution is 2.31. The lowest BCUT2D eigenvalue weighted by Gasteiger charge is -2.38. The maximum absolute atomic E-state index is 12.0. The van der Waals surface area contributed by atoms with Crippen molar-refractivity contribution in [2.75, 3.05) is 13.1 Å². The van der Waals surface area contributed by atoms with Crippen molar-refractivity contribution < 1.29 is 4.79 Å². The number of thiocarbonyl (C=S) groups is 1. The quantitative estimate of drug-likeness (QED) is 0.742. The molecule has 1 aromatic rings. The zero-order valence-corrected chi connectivity index (χ0v) is 10.5. The van der Waals surface area contributed by atoms with Crippen LogP contribution in [-0.4, -0.2) is 44.3 Å². The van der Waals surface area contributed by atoms with E-state index in [0.717, 1.165) is 12.8 Å². The number of piperidine rings is 1. The average Bonchev–Trinajstić information content (AvgIpc) is 2.82. The van der Waals surface area contributed by atoms with Gasteiger partial charge in [0.05, 0.1) is 11.2 Å². The first-order valence-corrected chi connectivity index (χ1v) is 5.89. The Hall–Kier alpha value is -1.50. The molecule has 1 saturated heterocycles. The summed E-state index contributed by atoms with van der Waals surface area (Å²) in [5.41, 5.74) is 5.94. The third kappa shape index (κ3) is 2.28. The Kier molecular flexibility index (Phi) is 3.10. The summed E-state index contributed by atoms with van der Waals surface area (Å²) in [5, 5.41) is 9.85. The molecule has 0 spiro atoms. The van der Waals surface area contributed by atoms with E-state index in [1.807, 2.05) is 6.92 Å². The molecule has 1 fully saturated rings. The molecular formula is C10H15N5OS. The van der Waals surface area contributed by atoms with E-state index >= 15 is 0 Å². The van der Waals surface area contributed by atoms with Crippen molar-refractivity contribution in [3.8, 4) is 0 Å². The second-order valence-corrected chi connectivity index (χ2v) is 5.01. The summed E-state index contributed by atoms with van der Waals surface area (Å²) in [6, 6.07) is 0. The van der Waals surface area contributed by atoms with Crippen LogP contribution in [0.2, 0.25) is 0 Å². The predicted octanol–water partition coefficient (Wildman–Crippen LogP) is 0.333. The molecule has 2 heterocycles. The van der Waals surface area contributed by atoms with E-state index in [2.05, 4.69) is 15.4 Å². The van der Waals surface area contributed by atoms with E-state index in [-0.39, 0.29) is 11.3 Å². The molecule has 3 N–H and O–H groups in total. The van der Waals surface area contributed by atoms with E-state index in [1.165, 1.54) is 6.20 Å². The van der Waals surface area contributed by atoms with Crippen LogP contribution in [0.5, 0.6) is 0 Å². The molecule has 0 saturated carbocycles. The minimum atomic E-state index is -0.129. The number of amides is 1. The van der Waals surface area contributed by atoms with E-state index in [1.54, 1.807) is 4.90 Å². The monoisotopic (exact) mass is 253 g/mol. The van der Waals surface area contributed by atoms with Gasteiger partial charge in [-0.2, -0.15) is 15.4 Å². The van der Waals surface area contributed by atoms with Gasteiger partial charge in [-0.1, -0.05) is 19.1 Å². The number of carbonyl (C=O) groups is 1. The summed E-state index contributed by atoms with van der Waals surface area (Å²) >= 11 is 5.06. The molecule has 92 valence electrons. The van der Waals surface area contributed by atoms with E-state index in [0.29, 0.717) is 23.8 Å². The zero-order valence-electron chi connectivity index (χ0n) is 9.64. The lowest BCUT2D eigenvalue weighted by molar-refractivity contribution is 0.0664. The molecule has 1 amide bonds. The summed E-state index contributed by atoms with van der Waals surface area (Å²) in [6.45, 7) is 3.35. The van der Waals surface area contributed by atoms with Crippen molar-refractivity contribution >= 4 is 23.1 Å². The molecule has 0 radical (unpaired) electrons. The van der Waals surface area contributed by atoms with Crippen molar-refractivity contribution in [3.63, 3.8) is 0 Å². The topological polar surface area (TPSA) is 87.9 Å². The number of nitrogens with one attached hydrogen (secondary N) is 1. The van der Waals surface area contributed by atoms with Crippen LogP contribution in [0.25, 0.3) is 0 Å². The van der Waals surface area contributed by atoms with Gasteiger partial charge in [-0.05, 0) is 12.8 Å². The molecule has 0 unspecified atom stereocenters. The van der Waals surface area contributed by atoms with Gasteiger partial charge in [-0.25, -0.2) is 0 Å². The van der Waals surface area contributed by atoms with E-state index in [9.17, 15) is 4.79 Å². The van der Waals surface area contributed by atoms with Crippen molar-refractivity contribution in [2.24, 2.45) is 11.1 Å². The van der Waals surface area contributed by atoms with Gasteiger partial charge in [0.1, 0.15) is 0 Å². The molecule has 0 aliphatic carbocycles. The fourth-order valence-electron chi connectivity index (χ4n) is 1.92. The van der Waals surface area contributed by atoms with Gasteiger partial charge in [0.25, 0.3) is 5.91 Å². The van der Waals surface area contributed by atoms with Crippen LogP contribution in [-0.2, 0) is 0 Å². The maximum atomic E-state index is 12.0. The Morgan fingerprint density at radius 3 is 2.71 bits per heavy atom. The van der Waals surface area contributed by atoms with Crippen molar-refractivity contribution in [2.45, 2.75) is 19.8 Å². The first kappa shape index (κ1) is 12.0. The number of hydrogen-bond acceptors (Lipinski definition) is 4. The predicted molar refractivity (Wildman–Crippen MR) is 66.4 cm³/mol. The number of rotatable bonds is 2. The van der Waals surface area contributed by atoms with Crippen LogP contribution in [0.1, 0.15) is 30.3 Å². The van der Waals surface area contributed by atoms with Crippen LogP contribution >= 0.6 is 12.2 Å². The molecule has 0 aromatic carbocycles. The molecule has 17 heavy (non-hydrogen) atoms. The van der Waals surface area contributed by atoms with Crippen molar-refractivity contribution in [3.05, 3.63) is 11.9 Å². The first-order chi connectivity index (χ1) is 8.03. The molecule has 1 aromatic heterocycles. The van der Waals surface area contributed by atoms with Crippen LogP contribution in [0.4, 0.5) is 0 Å². The van der Waals surface area contributed by atoms with Crippen LogP contribution < -0.4 is 5.73 Å². The third-order valence-corrected chi connectivity index (χ3v) is 3.88. The number of hydrogen-bond donors (Lipinski definition) is 2. The minimum Gasteiger partial charge on any atom is -0.393 e. The second-order valence-electron chi connectivity index (χ2n) is 4.57. The average molecular weight is 253 g/mol. The summed E-state index contributed by atoms with van der Waals surface area (Å²) in [7, 11) is 0. The molecule has 7 heteroatoms. The Morgan fingerprint density at radius 2 is 2.24 bits per heavy atom. The van der Waals surface area contributed by atoms with Gasteiger partial charge in [-0.15, -0.1) is 0 Å². The molecule has 6 nitrogen and oxygen atoms in total. The van der Waals surface area contributed by atoms with Gasteiger partial charge in [0.2, 0.25) is 0 Å². The Morgan fingerprint density at radius 1 is 1.59 bits per heavy atom. The lowest BCUT2D eigenvalue weighted by Crippen LogP contribution is -2.46. The van der Waals surface area contributed by atoms with Gasteiger partial charge in [0.15, 0.2) is 5.69 Å². The highest BCUT2D eigenvalue weighted by Gasteiger charge is 2.34. The molecule has 0 atom stereocenters. The zero-order chi connectivity index (χ0) is 12.5. The third-order valence-electron chi connectivity index (χ3n) is 3.38. The fourth-order valence-corrected chi connectivity index (χ4v) is 2.12. The number of nitrogens with two attached hydrogens (primary N) is 1. The number of H-pyrrole nitrogens is 1. The number of aromatic amines is 1. The number of nitrogens with zero attached hydrogens (tertiary/aromatic N) is 3. The molecule has 2 rings (SSSR count).